The van der Waals surface area contributed by atoms with Crippen molar-refractivity contribution in [3.63, 3.8) is 0 Å². The molecule has 0 amide bonds. The molecule has 4 aliphatic carbocycles. The van der Waals surface area contributed by atoms with Crippen molar-refractivity contribution in [1.29, 1.82) is 0 Å². The summed E-state index contributed by atoms with van der Waals surface area (Å²) in [6, 6.07) is 3.89. The number of rotatable bonds is 8. The number of carbonyl (C=O) groups is 1. The molecule has 1 aliphatic heterocycles. The van der Waals surface area contributed by atoms with E-state index in [-0.39, 0.29) is 50.6 Å². The first kappa shape index (κ1) is 38.6. The molecule has 7 rings (SSSR count). The first-order valence-corrected chi connectivity index (χ1v) is 20.4. The number of carboxylic acids is 1. The highest BCUT2D eigenvalue weighted by molar-refractivity contribution is 5.73. The maximum atomic E-state index is 13.6. The molecule has 0 aromatic carbocycles. The van der Waals surface area contributed by atoms with Gasteiger partial charge < -0.3 is 20.3 Å². The minimum Gasteiger partial charge on any atom is -0.481 e. The first-order valence-electron chi connectivity index (χ1n) is 20.4. The lowest BCUT2D eigenvalue weighted by Gasteiger charge is -2.71. The average molecular weight is 730 g/mol. The summed E-state index contributed by atoms with van der Waals surface area (Å²) in [5.41, 5.74) is 7.43. The fourth-order valence-corrected chi connectivity index (χ4v) is 12.8. The van der Waals surface area contributed by atoms with Gasteiger partial charge in [-0.05, 0) is 103 Å². The average Bonchev–Trinajstić information content (AvgIpc) is 3.57. The summed E-state index contributed by atoms with van der Waals surface area (Å²) in [7, 11) is 0. The summed E-state index contributed by atoms with van der Waals surface area (Å²) in [6.45, 7) is 26.6. The van der Waals surface area contributed by atoms with Crippen molar-refractivity contribution in [2.75, 3.05) is 19.8 Å². The lowest BCUT2D eigenvalue weighted by molar-refractivity contribution is -0.253. The molecule has 3 heterocycles. The van der Waals surface area contributed by atoms with E-state index in [1.165, 1.54) is 5.57 Å². The van der Waals surface area contributed by atoms with Crippen LogP contribution in [0.1, 0.15) is 121 Å². The van der Waals surface area contributed by atoms with Gasteiger partial charge in [0.2, 0.25) is 0 Å². The number of hydrogen-bond donors (Lipinski definition) is 2. The van der Waals surface area contributed by atoms with Gasteiger partial charge in [0, 0.05) is 34.3 Å². The Morgan fingerprint density at radius 3 is 2.40 bits per heavy atom. The van der Waals surface area contributed by atoms with Crippen molar-refractivity contribution in [2.24, 2.45) is 67.8 Å². The Bertz CT molecular complexity index is 1730. The molecular weight excluding hydrogens is 663 g/mol. The van der Waals surface area contributed by atoms with Crippen molar-refractivity contribution < 1.29 is 19.4 Å². The van der Waals surface area contributed by atoms with Crippen LogP contribution in [-0.4, -0.2) is 62.3 Å². The number of nitrogens with two attached hydrogens (primary N) is 1. The summed E-state index contributed by atoms with van der Waals surface area (Å²) in [6.07, 6.45) is 13.3. The smallest absolute Gasteiger partial charge is 0.307 e. The molecule has 2 aromatic heterocycles. The lowest BCUT2D eigenvalue weighted by Crippen LogP contribution is -2.69. The van der Waals surface area contributed by atoms with Crippen molar-refractivity contribution in [3.8, 4) is 11.4 Å². The van der Waals surface area contributed by atoms with Crippen LogP contribution in [0.3, 0.4) is 0 Å². The van der Waals surface area contributed by atoms with Gasteiger partial charge in [0.05, 0.1) is 37.9 Å². The summed E-state index contributed by atoms with van der Waals surface area (Å²) in [4.78, 5) is 22.7. The SMILES string of the molecule is CC(C)[C@@H](C)[C@@]1(C)CC[C@]2(C)[C@H]3CC[C@@H]4[C@]5(COC[C@]4(C)[C@@H](OC[C@](C)(N)C(C)(C)C)[C@H](n4ncnc4-c4ccncc4)C5)C3=CC[C@@]2(C)[C@@H]1C(=O)O. The van der Waals surface area contributed by atoms with Gasteiger partial charge in [-0.2, -0.15) is 5.10 Å². The van der Waals surface area contributed by atoms with E-state index in [0.717, 1.165) is 49.9 Å². The third kappa shape index (κ3) is 5.47. The highest BCUT2D eigenvalue weighted by atomic mass is 16.5. The fourth-order valence-electron chi connectivity index (χ4n) is 12.8. The van der Waals surface area contributed by atoms with Crippen LogP contribution >= 0.6 is 0 Å². The van der Waals surface area contributed by atoms with E-state index < -0.39 is 17.4 Å². The molecule has 292 valence electrons. The summed E-state index contributed by atoms with van der Waals surface area (Å²) in [5, 5.41) is 16.1. The number of hydrogen-bond acceptors (Lipinski definition) is 7. The maximum absolute atomic E-state index is 13.6. The van der Waals surface area contributed by atoms with E-state index in [1.807, 2.05) is 24.5 Å². The Labute approximate surface area is 318 Å². The molecular formula is C44H67N5O4. The molecule has 12 atom stereocenters. The second-order valence-electron chi connectivity index (χ2n) is 20.8. The van der Waals surface area contributed by atoms with E-state index in [2.05, 4.69) is 91.9 Å². The molecule has 3 saturated carbocycles. The quantitative estimate of drug-likeness (QED) is 0.259. The summed E-state index contributed by atoms with van der Waals surface area (Å²) < 4.78 is 16.1. The zero-order chi connectivity index (χ0) is 38.6. The third-order valence-electron chi connectivity index (χ3n) is 17.2. The van der Waals surface area contributed by atoms with Crippen molar-refractivity contribution in [2.45, 2.75) is 132 Å². The van der Waals surface area contributed by atoms with E-state index in [0.29, 0.717) is 37.6 Å². The van der Waals surface area contributed by atoms with Crippen LogP contribution in [0.25, 0.3) is 11.4 Å². The zero-order valence-corrected chi connectivity index (χ0v) is 34.4. The van der Waals surface area contributed by atoms with Crippen molar-refractivity contribution in [3.05, 3.63) is 42.5 Å². The van der Waals surface area contributed by atoms with Gasteiger partial charge in [0.1, 0.15) is 6.33 Å². The molecule has 9 heteroatoms. The molecule has 53 heavy (non-hydrogen) atoms. The second kappa shape index (κ2) is 12.7. The molecule has 5 aliphatic rings. The number of aromatic nitrogens is 4. The number of allylic oxidation sites excluding steroid dienone is 1. The van der Waals surface area contributed by atoms with Crippen LogP contribution in [0.4, 0.5) is 0 Å². The highest BCUT2D eigenvalue weighted by Gasteiger charge is 2.72. The number of ether oxygens (including phenoxy) is 2. The highest BCUT2D eigenvalue weighted by Crippen LogP contribution is 2.75. The predicted octanol–water partition coefficient (Wildman–Crippen LogP) is 8.62. The molecule has 9 nitrogen and oxygen atoms in total. The number of aliphatic carboxylic acids is 1. The Morgan fingerprint density at radius 2 is 1.75 bits per heavy atom. The minimum absolute atomic E-state index is 0.115. The fraction of sp³-hybridized carbons (Fsp3) is 0.773. The predicted molar refractivity (Wildman–Crippen MR) is 208 cm³/mol. The van der Waals surface area contributed by atoms with E-state index in [4.69, 9.17) is 25.3 Å². The molecule has 2 aromatic rings. The molecule has 0 radical (unpaired) electrons. The van der Waals surface area contributed by atoms with E-state index in [9.17, 15) is 9.90 Å². The zero-order valence-electron chi connectivity index (χ0n) is 34.4. The molecule has 1 saturated heterocycles. The van der Waals surface area contributed by atoms with Crippen LogP contribution in [-0.2, 0) is 14.3 Å². The first-order chi connectivity index (χ1) is 24.7. The lowest BCUT2D eigenvalue weighted by atomic mass is 9.34. The minimum atomic E-state index is -0.625. The van der Waals surface area contributed by atoms with Gasteiger partial charge >= 0.3 is 5.97 Å². The Morgan fingerprint density at radius 1 is 1.06 bits per heavy atom. The van der Waals surface area contributed by atoms with E-state index in [1.54, 1.807) is 6.33 Å². The summed E-state index contributed by atoms with van der Waals surface area (Å²) >= 11 is 0. The number of fused-ring (bicyclic) bond motifs is 3. The maximum Gasteiger partial charge on any atom is 0.307 e. The Kier molecular flexibility index (Phi) is 9.26. The van der Waals surface area contributed by atoms with Gasteiger partial charge in [-0.25, -0.2) is 9.67 Å². The molecule has 3 N–H and O–H groups in total. The standard InChI is InChI=1S/C44H67N5O4/c1-27(2)28(3)39(7)18-19-41(9)30-12-13-33-40(8)23-52-25-44(33,31(30)14-17-42(41,10)34(39)37(50)51)22-32(35(40)53-24-43(11,45)38(4,5)6)49-36(47-26-48-49)29-15-20-46-21-16-29/h14-16,20-21,26-28,30,32-35H,12-13,17-19,22-25,45H2,1-11H3,(H,50,51)/t28-,30+,32-,33+,34-,35+,39-,40+,41-,42+,43+,44-/m1/s1. The number of nitrogens with zero attached hydrogens (tertiary/aromatic N) is 4. The Balaban J connectivity index is 1.35. The number of pyridine rings is 1. The van der Waals surface area contributed by atoms with Gasteiger partial charge in [-0.1, -0.05) is 80.9 Å². The van der Waals surface area contributed by atoms with Gasteiger partial charge in [-0.3, -0.25) is 9.78 Å². The second-order valence-corrected chi connectivity index (χ2v) is 20.8. The third-order valence-corrected chi connectivity index (χ3v) is 17.2. The summed E-state index contributed by atoms with van der Waals surface area (Å²) in [5.74, 6) is 1.12. The number of carboxylic acid groups (broad SMARTS) is 1. The largest absolute Gasteiger partial charge is 0.481 e. The van der Waals surface area contributed by atoms with Crippen molar-refractivity contribution in [1.82, 2.24) is 19.7 Å². The topological polar surface area (TPSA) is 125 Å². The van der Waals surface area contributed by atoms with Crippen LogP contribution in [0.15, 0.2) is 42.5 Å². The van der Waals surface area contributed by atoms with Gasteiger partial charge in [-0.15, -0.1) is 0 Å². The monoisotopic (exact) mass is 730 g/mol. The molecule has 4 fully saturated rings. The van der Waals surface area contributed by atoms with Crippen LogP contribution in [0, 0.1) is 62.1 Å². The molecule has 0 spiro atoms. The van der Waals surface area contributed by atoms with Crippen LogP contribution in [0.2, 0.25) is 0 Å². The van der Waals surface area contributed by atoms with Crippen molar-refractivity contribution >= 4 is 5.97 Å². The van der Waals surface area contributed by atoms with Crippen LogP contribution in [0.5, 0.6) is 0 Å². The van der Waals surface area contributed by atoms with Gasteiger partial charge in [0.25, 0.3) is 0 Å². The van der Waals surface area contributed by atoms with Gasteiger partial charge in [0.15, 0.2) is 5.82 Å². The Hall–Kier alpha value is -2.62. The molecule has 2 bridgehead atoms. The van der Waals surface area contributed by atoms with Crippen LogP contribution < -0.4 is 5.73 Å². The van der Waals surface area contributed by atoms with E-state index >= 15 is 0 Å². The normalized spacial score (nSPS) is 41.4. The molecule has 0 unspecified atom stereocenters.